The first-order valence-corrected chi connectivity index (χ1v) is 8.89. The molecule has 0 N–H and O–H groups in total. The molecule has 0 spiro atoms. The standard InChI is InChI=1S/C21H19F3N2O3/c1-19(2,3)29-18(28)20(26-25-13-8-5-4-6-9-13)12-15-14(17(20)27)10-7-11-16(15)21(22,23)24/h4-11H,12H2,1-3H3/t20-/m1/s1. The van der Waals surface area contributed by atoms with Gasteiger partial charge in [-0.15, -0.1) is 0 Å². The lowest BCUT2D eigenvalue weighted by Crippen LogP contribution is -2.46. The van der Waals surface area contributed by atoms with Crippen LogP contribution < -0.4 is 0 Å². The third-order valence-corrected chi connectivity index (χ3v) is 4.36. The highest BCUT2D eigenvalue weighted by molar-refractivity contribution is 6.20. The van der Waals surface area contributed by atoms with Crippen molar-refractivity contribution in [3.63, 3.8) is 0 Å². The van der Waals surface area contributed by atoms with Crippen LogP contribution in [0.5, 0.6) is 0 Å². The molecule has 2 aromatic carbocycles. The van der Waals surface area contributed by atoms with Gasteiger partial charge in [0.15, 0.2) is 0 Å². The molecule has 29 heavy (non-hydrogen) atoms. The van der Waals surface area contributed by atoms with E-state index in [-0.39, 0.29) is 11.1 Å². The van der Waals surface area contributed by atoms with Crippen molar-refractivity contribution in [2.24, 2.45) is 10.2 Å². The quantitative estimate of drug-likeness (QED) is 0.396. The predicted molar refractivity (Wildman–Crippen MR) is 99.0 cm³/mol. The number of halogens is 3. The average molecular weight is 404 g/mol. The van der Waals surface area contributed by atoms with Crippen LogP contribution in [0.2, 0.25) is 0 Å². The lowest BCUT2D eigenvalue weighted by molar-refractivity contribution is -0.159. The van der Waals surface area contributed by atoms with E-state index in [9.17, 15) is 22.8 Å². The Morgan fingerprint density at radius 2 is 1.69 bits per heavy atom. The maximum absolute atomic E-state index is 13.5. The molecule has 0 radical (unpaired) electrons. The van der Waals surface area contributed by atoms with Gasteiger partial charge in [0, 0.05) is 12.0 Å². The molecule has 8 heteroatoms. The fraction of sp³-hybridized carbons (Fsp3) is 0.333. The summed E-state index contributed by atoms with van der Waals surface area (Å²) in [6.07, 6.45) is -5.24. The number of azo groups is 1. The summed E-state index contributed by atoms with van der Waals surface area (Å²) >= 11 is 0. The molecule has 3 rings (SSSR count). The van der Waals surface area contributed by atoms with Crippen molar-refractivity contribution in [1.82, 2.24) is 0 Å². The Kier molecular flexibility index (Phi) is 5.06. The van der Waals surface area contributed by atoms with E-state index in [2.05, 4.69) is 10.2 Å². The first kappa shape index (κ1) is 20.7. The summed E-state index contributed by atoms with van der Waals surface area (Å²) in [5.41, 5.74) is -4.25. The van der Waals surface area contributed by atoms with Crippen LogP contribution in [0, 0.1) is 0 Å². The number of alkyl halides is 3. The van der Waals surface area contributed by atoms with Crippen LogP contribution >= 0.6 is 0 Å². The number of esters is 1. The van der Waals surface area contributed by atoms with Gasteiger partial charge in [-0.1, -0.05) is 30.3 Å². The van der Waals surface area contributed by atoms with Crippen LogP contribution in [-0.4, -0.2) is 22.9 Å². The molecule has 0 saturated heterocycles. The topological polar surface area (TPSA) is 68.1 Å². The summed E-state index contributed by atoms with van der Waals surface area (Å²) in [6, 6.07) is 11.6. The third-order valence-electron chi connectivity index (χ3n) is 4.36. The van der Waals surface area contributed by atoms with Gasteiger partial charge in [0.05, 0.1) is 11.3 Å². The van der Waals surface area contributed by atoms with Crippen molar-refractivity contribution in [1.29, 1.82) is 0 Å². The van der Waals surface area contributed by atoms with Crippen LogP contribution in [-0.2, 0) is 22.1 Å². The van der Waals surface area contributed by atoms with Crippen LogP contribution in [0.3, 0.4) is 0 Å². The van der Waals surface area contributed by atoms with Gasteiger partial charge in [0.1, 0.15) is 5.60 Å². The van der Waals surface area contributed by atoms with Crippen molar-refractivity contribution in [3.8, 4) is 0 Å². The molecule has 0 heterocycles. The predicted octanol–water partition coefficient (Wildman–Crippen LogP) is 5.31. The van der Waals surface area contributed by atoms with Crippen molar-refractivity contribution in [3.05, 3.63) is 65.2 Å². The molecule has 0 aromatic heterocycles. The number of rotatable bonds is 3. The Morgan fingerprint density at radius 1 is 1.03 bits per heavy atom. The number of benzene rings is 2. The van der Waals surface area contributed by atoms with Crippen LogP contribution in [0.1, 0.15) is 42.3 Å². The van der Waals surface area contributed by atoms with Crippen LogP contribution in [0.4, 0.5) is 18.9 Å². The van der Waals surface area contributed by atoms with Crippen molar-refractivity contribution in [2.45, 2.75) is 44.5 Å². The highest BCUT2D eigenvalue weighted by atomic mass is 19.4. The average Bonchev–Trinajstić information content (AvgIpc) is 2.92. The number of ether oxygens (including phenoxy) is 1. The Labute approximate surface area is 165 Å². The van der Waals surface area contributed by atoms with E-state index < -0.39 is 41.1 Å². The number of hydrogen-bond donors (Lipinski definition) is 0. The minimum absolute atomic E-state index is 0.197. The molecule has 1 aliphatic carbocycles. The van der Waals surface area contributed by atoms with Crippen molar-refractivity contribution < 1.29 is 27.5 Å². The van der Waals surface area contributed by atoms with E-state index in [4.69, 9.17) is 4.74 Å². The van der Waals surface area contributed by atoms with E-state index in [0.717, 1.165) is 12.1 Å². The minimum atomic E-state index is -4.67. The number of fused-ring (bicyclic) bond motifs is 1. The van der Waals surface area contributed by atoms with Crippen LogP contribution in [0.25, 0.3) is 0 Å². The highest BCUT2D eigenvalue weighted by Gasteiger charge is 2.56. The molecule has 0 aliphatic heterocycles. The molecule has 1 aliphatic rings. The highest BCUT2D eigenvalue weighted by Crippen LogP contribution is 2.42. The zero-order valence-corrected chi connectivity index (χ0v) is 16.1. The molecule has 1 atom stereocenters. The fourth-order valence-electron chi connectivity index (χ4n) is 3.10. The molecule has 0 unspecified atom stereocenters. The van der Waals surface area contributed by atoms with E-state index >= 15 is 0 Å². The fourth-order valence-corrected chi connectivity index (χ4v) is 3.10. The lowest BCUT2D eigenvalue weighted by atomic mass is 9.95. The van der Waals surface area contributed by atoms with Gasteiger partial charge in [-0.05, 0) is 44.5 Å². The second-order valence-electron chi connectivity index (χ2n) is 7.73. The van der Waals surface area contributed by atoms with E-state index in [0.29, 0.717) is 5.69 Å². The zero-order chi connectivity index (χ0) is 21.4. The first-order valence-electron chi connectivity index (χ1n) is 8.89. The molecule has 5 nitrogen and oxygen atoms in total. The SMILES string of the molecule is CC(C)(C)OC(=O)[C@@]1(N=Nc2ccccc2)Cc2c(cccc2C(F)(F)F)C1=O. The second-order valence-corrected chi connectivity index (χ2v) is 7.73. The largest absolute Gasteiger partial charge is 0.458 e. The van der Waals surface area contributed by atoms with Gasteiger partial charge >= 0.3 is 12.1 Å². The Morgan fingerprint density at radius 3 is 2.28 bits per heavy atom. The number of hydrogen-bond acceptors (Lipinski definition) is 5. The molecular weight excluding hydrogens is 385 g/mol. The summed E-state index contributed by atoms with van der Waals surface area (Å²) < 4.78 is 45.7. The monoisotopic (exact) mass is 404 g/mol. The number of carbonyl (C=O) groups is 2. The summed E-state index contributed by atoms with van der Waals surface area (Å²) in [6.45, 7) is 4.79. The van der Waals surface area contributed by atoms with Gasteiger partial charge in [0.2, 0.25) is 11.3 Å². The van der Waals surface area contributed by atoms with Gasteiger partial charge in [-0.3, -0.25) is 4.79 Å². The summed E-state index contributed by atoms with van der Waals surface area (Å²) in [5, 5.41) is 7.92. The van der Waals surface area contributed by atoms with E-state index in [1.165, 1.54) is 6.07 Å². The first-order chi connectivity index (χ1) is 13.4. The van der Waals surface area contributed by atoms with E-state index in [1.54, 1.807) is 51.1 Å². The molecule has 0 saturated carbocycles. The number of carbonyl (C=O) groups excluding carboxylic acids is 2. The zero-order valence-electron chi connectivity index (χ0n) is 16.1. The maximum Gasteiger partial charge on any atom is 0.416 e. The smallest absolute Gasteiger partial charge is 0.416 e. The molecule has 0 fully saturated rings. The normalized spacial score (nSPS) is 19.4. The maximum atomic E-state index is 13.5. The Hall–Kier alpha value is -3.03. The molecular formula is C21H19F3N2O3. The van der Waals surface area contributed by atoms with Gasteiger partial charge < -0.3 is 4.74 Å². The van der Waals surface area contributed by atoms with Gasteiger partial charge in [0.25, 0.3) is 0 Å². The third kappa shape index (κ3) is 4.06. The summed E-state index contributed by atoms with van der Waals surface area (Å²) in [7, 11) is 0. The molecule has 0 bridgehead atoms. The number of Topliss-reactive ketones (excluding diaryl/α,β-unsaturated/α-hetero) is 1. The van der Waals surface area contributed by atoms with Gasteiger partial charge in [-0.2, -0.15) is 23.4 Å². The molecule has 0 amide bonds. The minimum Gasteiger partial charge on any atom is -0.458 e. The number of nitrogens with zero attached hydrogens (tertiary/aromatic N) is 2. The lowest BCUT2D eigenvalue weighted by Gasteiger charge is -2.26. The van der Waals surface area contributed by atoms with Crippen molar-refractivity contribution >= 4 is 17.4 Å². The van der Waals surface area contributed by atoms with Crippen molar-refractivity contribution in [2.75, 3.05) is 0 Å². The van der Waals surface area contributed by atoms with Crippen LogP contribution in [0.15, 0.2) is 58.8 Å². The summed E-state index contributed by atoms with van der Waals surface area (Å²) in [5.74, 6) is -1.88. The molecule has 152 valence electrons. The number of ketones is 1. The van der Waals surface area contributed by atoms with Gasteiger partial charge in [-0.25, -0.2) is 4.79 Å². The Balaban J connectivity index is 2.13. The molecule has 2 aromatic rings. The summed E-state index contributed by atoms with van der Waals surface area (Å²) in [4.78, 5) is 26.1. The second kappa shape index (κ2) is 7.09. The Bertz CT molecular complexity index is 979. The van der Waals surface area contributed by atoms with E-state index in [1.807, 2.05) is 0 Å².